The van der Waals surface area contributed by atoms with Crippen LogP contribution in [0, 0.1) is 0 Å². The number of carboxylic acid groups (broad SMARTS) is 1. The van der Waals surface area contributed by atoms with Gasteiger partial charge in [0.1, 0.15) is 11.4 Å². The van der Waals surface area contributed by atoms with Gasteiger partial charge in [-0.2, -0.15) is 0 Å². The summed E-state index contributed by atoms with van der Waals surface area (Å²) in [6.45, 7) is 1.61. The van der Waals surface area contributed by atoms with Crippen LogP contribution in [-0.2, 0) is 29.0 Å². The third kappa shape index (κ3) is 2.40. The van der Waals surface area contributed by atoms with E-state index in [1.165, 1.54) is 19.2 Å². The topological polar surface area (TPSA) is 131 Å². The standard InChI is InChI=1S/C16H16N2O7S/c1-9(19)25-8-16(2)12(15(21)22)18-13(20)11(14(18)26(16,23)24)7-10-5-3-4-6-17-10/h3-7,12,14H,8H2,1-2H3,(H,21,22)/b11-7-/t12-,14+,16-/m0/s1. The van der Waals surface area contributed by atoms with Crippen LogP contribution < -0.4 is 0 Å². The first-order chi connectivity index (χ1) is 12.1. The molecule has 0 unspecified atom stereocenters. The second-order valence-corrected chi connectivity index (χ2v) is 8.77. The largest absolute Gasteiger partial charge is 0.480 e. The molecule has 0 radical (unpaired) electrons. The van der Waals surface area contributed by atoms with Gasteiger partial charge in [0, 0.05) is 13.1 Å². The van der Waals surface area contributed by atoms with Crippen molar-refractivity contribution in [1.29, 1.82) is 0 Å². The molecule has 0 aliphatic carbocycles. The van der Waals surface area contributed by atoms with Gasteiger partial charge in [0.25, 0.3) is 5.91 Å². The minimum Gasteiger partial charge on any atom is -0.480 e. The molecule has 0 bridgehead atoms. The van der Waals surface area contributed by atoms with Crippen LogP contribution in [0.3, 0.4) is 0 Å². The number of carbonyl (C=O) groups excluding carboxylic acids is 2. The molecular weight excluding hydrogens is 364 g/mol. The van der Waals surface area contributed by atoms with Crippen molar-refractivity contribution < 1.29 is 32.6 Å². The third-order valence-corrected chi connectivity index (χ3v) is 7.30. The summed E-state index contributed by atoms with van der Waals surface area (Å²) < 4.78 is 28.9. The van der Waals surface area contributed by atoms with Gasteiger partial charge in [-0.1, -0.05) is 6.07 Å². The van der Waals surface area contributed by atoms with Crippen molar-refractivity contribution in [2.75, 3.05) is 6.61 Å². The maximum atomic E-state index is 13.0. The number of β-lactam (4-membered cyclic amide) rings is 1. The van der Waals surface area contributed by atoms with Crippen LogP contribution in [0.2, 0.25) is 0 Å². The average Bonchev–Trinajstić information content (AvgIpc) is 2.74. The molecule has 2 fully saturated rings. The van der Waals surface area contributed by atoms with E-state index in [2.05, 4.69) is 4.98 Å². The van der Waals surface area contributed by atoms with E-state index < -0.39 is 50.5 Å². The second-order valence-electron chi connectivity index (χ2n) is 6.30. The van der Waals surface area contributed by atoms with Crippen molar-refractivity contribution in [3.8, 4) is 0 Å². The van der Waals surface area contributed by atoms with Crippen LogP contribution in [0.4, 0.5) is 0 Å². The van der Waals surface area contributed by atoms with Crippen molar-refractivity contribution >= 4 is 33.8 Å². The maximum absolute atomic E-state index is 13.0. The first-order valence-corrected chi connectivity index (χ1v) is 9.21. The third-order valence-electron chi connectivity index (χ3n) is 4.59. The molecule has 9 nitrogen and oxygen atoms in total. The molecule has 0 spiro atoms. The predicted molar refractivity (Wildman–Crippen MR) is 88.2 cm³/mol. The number of aromatic nitrogens is 1. The molecule has 0 saturated carbocycles. The lowest BCUT2D eigenvalue weighted by atomic mass is 9.94. The maximum Gasteiger partial charge on any atom is 0.328 e. The van der Waals surface area contributed by atoms with Crippen molar-refractivity contribution in [2.24, 2.45) is 0 Å². The summed E-state index contributed by atoms with van der Waals surface area (Å²) in [5.41, 5.74) is 0.327. The number of carbonyl (C=O) groups is 3. The molecule has 1 N–H and O–H groups in total. The summed E-state index contributed by atoms with van der Waals surface area (Å²) in [4.78, 5) is 40.1. The number of sulfone groups is 1. The molecule has 3 rings (SSSR count). The molecule has 1 aromatic heterocycles. The van der Waals surface area contributed by atoms with Gasteiger partial charge >= 0.3 is 11.9 Å². The molecule has 26 heavy (non-hydrogen) atoms. The van der Waals surface area contributed by atoms with Gasteiger partial charge in [-0.15, -0.1) is 0 Å². The number of aliphatic carboxylic acids is 1. The normalized spacial score (nSPS) is 30.6. The molecule has 0 aromatic carbocycles. The number of pyridine rings is 1. The molecular formula is C16H16N2O7S. The van der Waals surface area contributed by atoms with Crippen LogP contribution in [0.25, 0.3) is 6.08 Å². The summed E-state index contributed by atoms with van der Waals surface area (Å²) in [7, 11) is -4.17. The number of hydrogen-bond donors (Lipinski definition) is 1. The first kappa shape index (κ1) is 18.1. The Balaban J connectivity index is 2.07. The smallest absolute Gasteiger partial charge is 0.328 e. The molecule has 3 atom stereocenters. The Bertz CT molecular complexity index is 925. The van der Waals surface area contributed by atoms with Crippen LogP contribution in [0.15, 0.2) is 30.0 Å². The van der Waals surface area contributed by atoms with E-state index in [0.29, 0.717) is 5.69 Å². The predicted octanol–water partition coefficient (Wildman–Crippen LogP) is -0.163. The average molecular weight is 380 g/mol. The van der Waals surface area contributed by atoms with Gasteiger partial charge in [-0.3, -0.25) is 14.6 Å². The summed E-state index contributed by atoms with van der Waals surface area (Å²) >= 11 is 0. The monoisotopic (exact) mass is 380 g/mol. The number of carboxylic acids is 1. The first-order valence-electron chi connectivity index (χ1n) is 7.66. The molecule has 3 heterocycles. The lowest BCUT2D eigenvalue weighted by Crippen LogP contribution is -2.59. The second kappa shape index (κ2) is 5.90. The van der Waals surface area contributed by atoms with Crippen molar-refractivity contribution in [3.05, 3.63) is 35.7 Å². The van der Waals surface area contributed by atoms with Gasteiger partial charge in [0.05, 0.1) is 11.3 Å². The molecule has 2 aliphatic rings. The number of esters is 1. The molecule has 2 aliphatic heterocycles. The Labute approximate surface area is 149 Å². The highest BCUT2D eigenvalue weighted by Gasteiger charge is 2.72. The van der Waals surface area contributed by atoms with Crippen molar-refractivity contribution in [2.45, 2.75) is 30.0 Å². The van der Waals surface area contributed by atoms with E-state index in [1.807, 2.05) is 0 Å². The Morgan fingerprint density at radius 2 is 2.12 bits per heavy atom. The van der Waals surface area contributed by atoms with Crippen molar-refractivity contribution in [1.82, 2.24) is 9.88 Å². The van der Waals surface area contributed by atoms with E-state index in [0.717, 1.165) is 11.8 Å². The number of fused-ring (bicyclic) bond motifs is 1. The van der Waals surface area contributed by atoms with E-state index in [-0.39, 0.29) is 5.57 Å². The Hall–Kier alpha value is -2.75. The summed E-state index contributed by atoms with van der Waals surface area (Å²) in [6.07, 6.45) is 2.82. The quantitative estimate of drug-likeness (QED) is 0.433. The van der Waals surface area contributed by atoms with E-state index in [9.17, 15) is 27.9 Å². The van der Waals surface area contributed by atoms with Gasteiger partial charge in [-0.25, -0.2) is 13.2 Å². The van der Waals surface area contributed by atoms with Gasteiger partial charge in [0.15, 0.2) is 21.3 Å². The van der Waals surface area contributed by atoms with Crippen molar-refractivity contribution in [3.63, 3.8) is 0 Å². The minimum absolute atomic E-state index is 0.0542. The van der Waals surface area contributed by atoms with Gasteiger partial charge in [-0.05, 0) is 25.1 Å². The SMILES string of the molecule is CC(=O)OC[C@@]1(C)[C@H](C(=O)O)N2C(=O)/C(=C/c3ccccn3)[C@H]2S1(=O)=O. The zero-order valence-corrected chi connectivity index (χ0v) is 14.8. The number of rotatable bonds is 4. The number of hydrogen-bond acceptors (Lipinski definition) is 7. The fourth-order valence-corrected chi connectivity index (χ4v) is 5.54. The van der Waals surface area contributed by atoms with Crippen LogP contribution in [-0.4, -0.2) is 64.0 Å². The van der Waals surface area contributed by atoms with Crippen LogP contribution >= 0.6 is 0 Å². The van der Waals surface area contributed by atoms with Gasteiger partial charge in [0.2, 0.25) is 0 Å². The van der Waals surface area contributed by atoms with E-state index in [4.69, 9.17) is 4.74 Å². The summed E-state index contributed by atoms with van der Waals surface area (Å²) in [5.74, 6) is -2.91. The van der Waals surface area contributed by atoms with Crippen LogP contribution in [0.1, 0.15) is 19.5 Å². The Kier molecular flexibility index (Phi) is 4.10. The highest BCUT2D eigenvalue weighted by molar-refractivity contribution is 7.94. The highest BCUT2D eigenvalue weighted by atomic mass is 32.2. The molecule has 10 heteroatoms. The van der Waals surface area contributed by atoms with E-state index >= 15 is 0 Å². The lowest BCUT2D eigenvalue weighted by Gasteiger charge is -2.37. The summed E-state index contributed by atoms with van der Waals surface area (Å²) in [6, 6.07) is 3.29. The number of ether oxygens (including phenoxy) is 1. The number of amides is 1. The highest BCUT2D eigenvalue weighted by Crippen LogP contribution is 2.49. The van der Waals surface area contributed by atoms with Gasteiger partial charge < -0.3 is 14.7 Å². The fourth-order valence-electron chi connectivity index (χ4n) is 3.26. The molecule has 138 valence electrons. The fraction of sp³-hybridized carbons (Fsp3) is 0.375. The zero-order valence-electron chi connectivity index (χ0n) is 13.9. The number of nitrogens with zero attached hydrogens (tertiary/aromatic N) is 2. The van der Waals surface area contributed by atoms with Crippen LogP contribution in [0.5, 0.6) is 0 Å². The zero-order chi connectivity index (χ0) is 19.3. The molecule has 1 amide bonds. The minimum atomic E-state index is -4.17. The van der Waals surface area contributed by atoms with E-state index in [1.54, 1.807) is 18.2 Å². The molecule has 2 saturated heterocycles. The summed E-state index contributed by atoms with van der Waals surface area (Å²) in [5, 5.41) is 8.13. The molecule has 1 aromatic rings. The lowest BCUT2D eigenvalue weighted by molar-refractivity contribution is -0.155. The Morgan fingerprint density at radius 3 is 2.65 bits per heavy atom. The Morgan fingerprint density at radius 1 is 1.42 bits per heavy atom.